The summed E-state index contributed by atoms with van der Waals surface area (Å²) in [5.74, 6) is -27.1. The number of nitrogens with two attached hydrogens (primary N) is 3. The zero-order valence-electron chi connectivity index (χ0n) is 74.5. The average Bonchev–Trinajstić information content (AvgIpc) is 0.861. The van der Waals surface area contributed by atoms with Crippen molar-refractivity contribution in [1.29, 1.82) is 0 Å². The first-order valence-corrected chi connectivity index (χ1v) is 42.5. The number of hydrogen-bond donors (Lipinski definition) is 26. The van der Waals surface area contributed by atoms with Crippen molar-refractivity contribution in [3.05, 3.63) is 35.9 Å². The van der Waals surface area contributed by atoms with E-state index >= 15 is 0 Å². The number of nitrogens with one attached hydrogen (secondary N) is 18. The minimum atomic E-state index is -1.93. The number of amides is 20. The lowest BCUT2D eigenvalue weighted by atomic mass is 9.85. The summed E-state index contributed by atoms with van der Waals surface area (Å²) >= 11 is 0. The molecule has 20 amide bonds. The van der Waals surface area contributed by atoms with Crippen molar-refractivity contribution < 1.29 is 136 Å². The fraction of sp³-hybridized carbons (Fsp3) is 0.642. The smallest absolute Gasteiger partial charge is 0.305 e. The highest BCUT2D eigenvalue weighted by atomic mass is 16.4. The Morgan fingerprint density at radius 2 is 0.777 bits per heavy atom. The molecule has 1 fully saturated rings. The molecule has 0 heterocycles. The number of carboxylic acids is 3. The van der Waals surface area contributed by atoms with E-state index in [0.717, 1.165) is 39.0 Å². The van der Waals surface area contributed by atoms with Gasteiger partial charge >= 0.3 is 17.9 Å². The van der Waals surface area contributed by atoms with Crippen molar-refractivity contribution in [2.75, 3.05) is 45.9 Å². The highest BCUT2D eigenvalue weighted by molar-refractivity contribution is 6.01. The van der Waals surface area contributed by atoms with Gasteiger partial charge in [-0.3, -0.25) is 110 Å². The first-order chi connectivity index (χ1) is 61.0. The molecule has 1 aromatic carbocycles. The van der Waals surface area contributed by atoms with E-state index in [1.165, 1.54) is 34.6 Å². The van der Waals surface area contributed by atoms with Crippen molar-refractivity contribution in [1.82, 2.24) is 95.7 Å². The van der Waals surface area contributed by atoms with Crippen molar-refractivity contribution in [2.45, 2.75) is 257 Å². The van der Waals surface area contributed by atoms with Gasteiger partial charge in [-0.05, 0) is 81.1 Å². The number of benzene rings is 1. The number of hydrogen-bond acceptors (Lipinski definition) is 26. The third-order valence-electron chi connectivity index (χ3n) is 20.4. The number of rotatable bonds is 60. The van der Waals surface area contributed by atoms with Gasteiger partial charge in [0, 0.05) is 25.7 Å². The summed E-state index contributed by atoms with van der Waals surface area (Å²) in [6, 6.07) is -13.1. The van der Waals surface area contributed by atoms with Crippen LogP contribution in [0.2, 0.25) is 0 Å². The van der Waals surface area contributed by atoms with Gasteiger partial charge in [0.25, 0.3) is 0 Å². The van der Waals surface area contributed by atoms with Gasteiger partial charge in [-0.15, -0.1) is 0 Å². The van der Waals surface area contributed by atoms with Crippen LogP contribution in [0.4, 0.5) is 0 Å². The highest BCUT2D eigenvalue weighted by Gasteiger charge is 2.39. The maximum Gasteiger partial charge on any atom is 0.305 e. The van der Waals surface area contributed by atoms with E-state index in [4.69, 9.17) is 17.2 Å². The molecule has 726 valence electrons. The second kappa shape index (κ2) is 58.4. The van der Waals surface area contributed by atoms with Crippen LogP contribution in [0.1, 0.15) is 171 Å². The summed E-state index contributed by atoms with van der Waals surface area (Å²) < 4.78 is 0. The third-order valence-corrected chi connectivity index (χ3v) is 20.4. The summed E-state index contributed by atoms with van der Waals surface area (Å²) in [6.45, 7) is 9.56. The van der Waals surface area contributed by atoms with Gasteiger partial charge in [-0.2, -0.15) is 0 Å². The predicted octanol–water partition coefficient (Wildman–Crippen LogP) is -9.21. The number of aliphatic carboxylic acids is 3. The van der Waals surface area contributed by atoms with E-state index in [9.17, 15) is 136 Å². The fourth-order valence-corrected chi connectivity index (χ4v) is 12.9. The predicted molar refractivity (Wildman–Crippen MR) is 457 cm³/mol. The Morgan fingerprint density at radius 1 is 0.377 bits per heavy atom. The maximum absolute atomic E-state index is 14.4. The van der Waals surface area contributed by atoms with Crippen LogP contribution in [0, 0.1) is 29.6 Å². The maximum atomic E-state index is 14.4. The Labute approximate surface area is 749 Å². The van der Waals surface area contributed by atoms with Gasteiger partial charge in [0.1, 0.15) is 72.5 Å². The lowest BCUT2D eigenvalue weighted by Crippen LogP contribution is -2.62. The molecule has 1 aliphatic carbocycles. The van der Waals surface area contributed by atoms with Gasteiger partial charge in [0.15, 0.2) is 0 Å². The quantitative estimate of drug-likeness (QED) is 0.0288. The van der Waals surface area contributed by atoms with Gasteiger partial charge < -0.3 is 138 Å². The summed E-state index contributed by atoms with van der Waals surface area (Å²) in [7, 11) is 0. The number of carbonyl (C=O) groups is 23. The number of aliphatic hydroxyl groups excluding tert-OH is 2. The van der Waals surface area contributed by atoms with Crippen LogP contribution in [0.15, 0.2) is 30.3 Å². The largest absolute Gasteiger partial charge is 0.481 e. The molecule has 0 spiro atoms. The lowest BCUT2D eigenvalue weighted by Gasteiger charge is -2.29. The fourth-order valence-electron chi connectivity index (χ4n) is 12.9. The zero-order valence-corrected chi connectivity index (χ0v) is 74.5. The molecule has 130 heavy (non-hydrogen) atoms. The minimum absolute atomic E-state index is 0.00732. The molecule has 0 saturated heterocycles. The molecule has 29 N–H and O–H groups in total. The van der Waals surface area contributed by atoms with Crippen molar-refractivity contribution in [2.24, 2.45) is 46.8 Å². The van der Waals surface area contributed by atoms with Crippen molar-refractivity contribution >= 4 is 136 Å². The van der Waals surface area contributed by atoms with Crippen LogP contribution in [-0.2, 0) is 117 Å². The van der Waals surface area contributed by atoms with Crippen molar-refractivity contribution in [3.8, 4) is 0 Å². The van der Waals surface area contributed by atoms with Crippen LogP contribution >= 0.6 is 0 Å². The zero-order chi connectivity index (χ0) is 98.4. The Kier molecular flexibility index (Phi) is 50.7. The molecular weight excluding hydrogens is 1720 g/mol. The van der Waals surface area contributed by atoms with Crippen LogP contribution in [0.5, 0.6) is 0 Å². The molecule has 15 atom stereocenters. The summed E-state index contributed by atoms with van der Waals surface area (Å²) in [6.07, 6.45) is -2.15. The number of carboxylic acid groups (broad SMARTS) is 3. The Morgan fingerprint density at radius 3 is 1.26 bits per heavy atom. The van der Waals surface area contributed by atoms with Crippen molar-refractivity contribution in [3.63, 3.8) is 0 Å². The monoisotopic (exact) mass is 1840 g/mol. The highest BCUT2D eigenvalue weighted by Crippen LogP contribution is 2.27. The molecule has 1 aliphatic rings. The van der Waals surface area contributed by atoms with Gasteiger partial charge in [0.2, 0.25) is 118 Å². The molecule has 2 rings (SSSR count). The summed E-state index contributed by atoms with van der Waals surface area (Å²) in [4.78, 5) is 302. The van der Waals surface area contributed by atoms with E-state index in [1.54, 1.807) is 58.0 Å². The Bertz CT molecular complexity index is 4110. The molecular formula is C81H129N21O28. The van der Waals surface area contributed by atoms with E-state index < -0.39 is 329 Å². The van der Waals surface area contributed by atoms with E-state index in [0.29, 0.717) is 12.0 Å². The molecule has 49 nitrogen and oxygen atoms in total. The van der Waals surface area contributed by atoms with E-state index in [1.807, 2.05) is 0 Å². The lowest BCUT2D eigenvalue weighted by molar-refractivity contribution is -0.141. The molecule has 0 unspecified atom stereocenters. The Balaban J connectivity index is 2.24. The van der Waals surface area contributed by atoms with Crippen LogP contribution < -0.4 is 113 Å². The molecule has 0 aliphatic heterocycles. The molecule has 1 aromatic rings. The second-order valence-corrected chi connectivity index (χ2v) is 32.6. The number of primary amides is 2. The SMILES string of the molecule is CC[C@H](C)[C@H](NC(=O)[C@H](CC(C)C)NC(=O)CNC(=O)[C@@H](NC(=O)[C@H](CO)NC(=O)[C@@H](NC(=O)[C@@H](NC(=O)CNC(=O)[C@H](C)NC(=O)[C@H](Cc1ccccc1)NC(=O)[C@H](CCC(=O)O)NC(=O)[C@H](CCC(=O)O)NC(=O)[C@H](CCC(N)=O)NC(=O)CNC(=O)[C@H](CC(=O)O)NC(=O)[C@@H](N)CC1CCCCC1)C(C)C)C(C)C)[C@@H](C)O)C(=O)NCC(=O)NCC(=O)NCC(N)=O. The van der Waals surface area contributed by atoms with Crippen LogP contribution in [0.25, 0.3) is 0 Å². The van der Waals surface area contributed by atoms with Gasteiger partial charge in [0.05, 0.1) is 64.4 Å². The Hall–Kier alpha value is -13.1. The summed E-state index contributed by atoms with van der Waals surface area (Å²) in [5, 5.41) is 91.7. The second-order valence-electron chi connectivity index (χ2n) is 32.6. The van der Waals surface area contributed by atoms with Gasteiger partial charge in [-0.1, -0.05) is 124 Å². The first kappa shape index (κ1) is 113. The number of aliphatic hydroxyl groups is 2. The van der Waals surface area contributed by atoms with Crippen LogP contribution in [-0.4, -0.2) is 292 Å². The number of carbonyl (C=O) groups excluding carboxylic acids is 20. The molecule has 0 radical (unpaired) electrons. The topological polar surface area (TPSA) is 788 Å². The molecule has 1 saturated carbocycles. The first-order valence-electron chi connectivity index (χ1n) is 42.5. The normalized spacial score (nSPS) is 15.3. The van der Waals surface area contributed by atoms with E-state index in [-0.39, 0.29) is 31.1 Å². The summed E-state index contributed by atoms with van der Waals surface area (Å²) in [5.41, 5.74) is 16.8. The third kappa shape index (κ3) is 44.1. The molecule has 49 heteroatoms. The minimum Gasteiger partial charge on any atom is -0.481 e. The van der Waals surface area contributed by atoms with Gasteiger partial charge in [-0.25, -0.2) is 0 Å². The van der Waals surface area contributed by atoms with E-state index in [2.05, 4.69) is 95.7 Å². The standard InChI is InChI=1S/C81H129N21O28/c1-11-42(8)67(78(127)89-34-58(108)86-33-57(107)85-32-56(84)106)101-76(125)51(28-39(2)3)93-60(110)36-90-79(128)68(44(10)104)102-77(126)54(38-103)98-80(129)66(41(6)7)100-81(130)65(40(4)5)99-61(111)37-87-69(118)43(9)91-75(124)52(30-46-20-16-13-17-21-46)97-74(123)50(24-27-63(114)115)95-73(122)49(23-26-62(112)113)94-72(121)48(22-25-55(83)105)92-59(109)35-88-71(120)53(31-64(116)117)96-70(119)47(82)29-45-18-14-12-15-19-45/h13,16-17,20-21,39-45,47-54,65-68,103-104H,11-12,14-15,18-19,22-38,82H2,1-10H3,(H2,83,105)(H2,84,106)(H,85,107)(H,86,108)(H,87,118)(H,88,120)(H,89,127)(H,90,128)(H,91,124)(H,92,109)(H,93,110)(H,94,121)(H,95,122)(H,96,119)(H,97,123)(H,98,129)(H,99,111)(H,100,130)(H,101,125)(H,102,126)(H,112,113)(H,114,115)(H,116,117)/t42-,43-,44+,47-,48-,49-,50-,51-,52-,53-,54-,65-,66-,67-,68-/m0/s1. The molecule has 0 bridgehead atoms. The van der Waals surface area contributed by atoms with Crippen LogP contribution in [0.3, 0.4) is 0 Å². The molecule has 0 aromatic heterocycles. The average molecular weight is 1850 g/mol.